The van der Waals surface area contributed by atoms with E-state index in [0.29, 0.717) is 19.4 Å². The summed E-state index contributed by atoms with van der Waals surface area (Å²) in [5.41, 5.74) is 4.15. The Labute approximate surface area is 216 Å². The molecule has 1 saturated heterocycles. The Morgan fingerprint density at radius 1 is 0.972 bits per heavy atom. The minimum absolute atomic E-state index is 0.283. The van der Waals surface area contributed by atoms with E-state index in [2.05, 4.69) is 47.8 Å². The lowest BCUT2D eigenvalue weighted by molar-refractivity contribution is -0.271. The smallest absolute Gasteiger partial charge is 0.405 e. The second kappa shape index (κ2) is 10.2. The summed E-state index contributed by atoms with van der Waals surface area (Å²) in [5.74, 6) is 0.162. The molecule has 2 heterocycles. The van der Waals surface area contributed by atoms with E-state index in [-0.39, 0.29) is 13.2 Å². The maximum Gasteiger partial charge on any atom is 0.405 e. The van der Waals surface area contributed by atoms with Crippen LogP contribution in [0.4, 0.5) is 4.79 Å². The van der Waals surface area contributed by atoms with Crippen LogP contribution in [0.2, 0.25) is 0 Å². The second-order valence-electron chi connectivity index (χ2n) is 9.95. The van der Waals surface area contributed by atoms with Crippen LogP contribution >= 0.6 is 11.8 Å². The Morgan fingerprint density at radius 2 is 1.67 bits per heavy atom. The molecule has 2 N–H and O–H groups in total. The summed E-state index contributed by atoms with van der Waals surface area (Å²) >= 11 is 1.76. The molecule has 0 aliphatic carbocycles. The maximum atomic E-state index is 11.5. The highest BCUT2D eigenvalue weighted by atomic mass is 32.2. The van der Waals surface area contributed by atoms with Crippen molar-refractivity contribution in [2.75, 3.05) is 13.2 Å². The number of aryl methyl sites for hydroxylation is 1. The standard InChI is InChI=1S/C29H31NO5S/c1-28(2)34-18-29(19-35-28,30-27(31)32)13-12-20-8-9-22-15-23-10-11-24(16-26(23)36-25(22)14-20)33-17-21-6-4-3-5-7-21/h3-11,14,16,30H,12-13,15,17-19H2,1-2H3,(H,31,32). The highest BCUT2D eigenvalue weighted by Crippen LogP contribution is 2.42. The van der Waals surface area contributed by atoms with Gasteiger partial charge in [0, 0.05) is 9.79 Å². The van der Waals surface area contributed by atoms with Gasteiger partial charge >= 0.3 is 6.09 Å². The predicted molar refractivity (Wildman–Crippen MR) is 139 cm³/mol. The zero-order chi connectivity index (χ0) is 25.2. The third kappa shape index (κ3) is 5.86. The fraction of sp³-hybridized carbons (Fsp3) is 0.345. The lowest BCUT2D eigenvalue weighted by Crippen LogP contribution is -2.61. The van der Waals surface area contributed by atoms with Gasteiger partial charge in [-0.2, -0.15) is 0 Å². The van der Waals surface area contributed by atoms with E-state index in [1.54, 1.807) is 11.8 Å². The molecule has 5 rings (SSSR count). The molecule has 0 atom stereocenters. The van der Waals surface area contributed by atoms with E-state index in [1.165, 1.54) is 20.9 Å². The van der Waals surface area contributed by atoms with Crippen molar-refractivity contribution in [3.8, 4) is 5.75 Å². The molecule has 7 heteroatoms. The number of nitrogens with one attached hydrogen (secondary N) is 1. The first-order valence-electron chi connectivity index (χ1n) is 12.2. The Kier molecular flexibility index (Phi) is 6.97. The first-order chi connectivity index (χ1) is 17.3. The number of amides is 1. The molecule has 0 bridgehead atoms. The van der Waals surface area contributed by atoms with Crippen molar-refractivity contribution in [3.05, 3.63) is 89.0 Å². The third-order valence-electron chi connectivity index (χ3n) is 6.68. The Bertz CT molecular complexity index is 1230. The van der Waals surface area contributed by atoms with Crippen LogP contribution in [0.25, 0.3) is 0 Å². The van der Waals surface area contributed by atoms with Gasteiger partial charge in [-0.3, -0.25) is 0 Å². The lowest BCUT2D eigenvalue weighted by Gasteiger charge is -2.43. The van der Waals surface area contributed by atoms with Crippen LogP contribution in [0, 0.1) is 0 Å². The fourth-order valence-corrected chi connectivity index (χ4v) is 5.69. The number of carbonyl (C=O) groups is 1. The van der Waals surface area contributed by atoms with Crippen LogP contribution < -0.4 is 10.1 Å². The largest absolute Gasteiger partial charge is 0.489 e. The number of rotatable bonds is 7. The first kappa shape index (κ1) is 24.7. The van der Waals surface area contributed by atoms with E-state index in [0.717, 1.165) is 23.3 Å². The summed E-state index contributed by atoms with van der Waals surface area (Å²) in [6.07, 6.45) is 1.13. The van der Waals surface area contributed by atoms with Gasteiger partial charge in [-0.1, -0.05) is 60.3 Å². The summed E-state index contributed by atoms with van der Waals surface area (Å²) in [5, 5.41) is 12.1. The van der Waals surface area contributed by atoms with Gasteiger partial charge < -0.3 is 24.6 Å². The van der Waals surface area contributed by atoms with Gasteiger partial charge in [0.2, 0.25) is 0 Å². The molecule has 0 saturated carbocycles. The SMILES string of the molecule is CC1(C)OCC(CCc2ccc3c(c2)Sc2cc(OCc4ccccc4)ccc2C3)(NC(=O)O)CO1. The fourth-order valence-electron chi connectivity index (χ4n) is 4.52. The van der Waals surface area contributed by atoms with Gasteiger partial charge in [-0.25, -0.2) is 4.79 Å². The number of carboxylic acid groups (broad SMARTS) is 1. The topological polar surface area (TPSA) is 77.0 Å². The number of hydrogen-bond donors (Lipinski definition) is 2. The van der Waals surface area contributed by atoms with Crippen molar-refractivity contribution in [3.63, 3.8) is 0 Å². The van der Waals surface area contributed by atoms with Gasteiger partial charge in [0.1, 0.15) is 12.4 Å². The lowest BCUT2D eigenvalue weighted by atomic mass is 9.91. The van der Waals surface area contributed by atoms with Crippen molar-refractivity contribution >= 4 is 17.9 Å². The van der Waals surface area contributed by atoms with Gasteiger partial charge in [-0.15, -0.1) is 0 Å². The summed E-state index contributed by atoms with van der Waals surface area (Å²) in [6.45, 7) is 4.79. The molecule has 1 amide bonds. The number of ether oxygens (including phenoxy) is 3. The highest BCUT2D eigenvalue weighted by molar-refractivity contribution is 7.99. The summed E-state index contributed by atoms with van der Waals surface area (Å²) in [7, 11) is 0. The molecule has 2 aliphatic heterocycles. The van der Waals surface area contributed by atoms with Crippen molar-refractivity contribution < 1.29 is 24.1 Å². The normalized spacial score (nSPS) is 17.5. The molecule has 36 heavy (non-hydrogen) atoms. The molecule has 2 aliphatic rings. The average Bonchev–Trinajstić information content (AvgIpc) is 2.87. The van der Waals surface area contributed by atoms with Crippen LogP contribution in [0.1, 0.15) is 42.5 Å². The molecule has 0 radical (unpaired) electrons. The zero-order valence-corrected chi connectivity index (χ0v) is 21.4. The van der Waals surface area contributed by atoms with E-state index in [4.69, 9.17) is 14.2 Å². The van der Waals surface area contributed by atoms with E-state index in [9.17, 15) is 9.90 Å². The van der Waals surface area contributed by atoms with Crippen LogP contribution in [0.15, 0.2) is 76.5 Å². The minimum atomic E-state index is -1.07. The molecular weight excluding hydrogens is 474 g/mol. The Morgan fingerprint density at radius 3 is 2.39 bits per heavy atom. The Hall–Kier alpha value is -3.00. The monoisotopic (exact) mass is 505 g/mol. The first-order valence-corrected chi connectivity index (χ1v) is 13.0. The van der Waals surface area contributed by atoms with Gasteiger partial charge in [0.05, 0.1) is 18.8 Å². The van der Waals surface area contributed by atoms with E-state index >= 15 is 0 Å². The highest BCUT2D eigenvalue weighted by Gasteiger charge is 2.41. The van der Waals surface area contributed by atoms with Crippen molar-refractivity contribution in [1.29, 1.82) is 0 Å². The molecule has 0 spiro atoms. The van der Waals surface area contributed by atoms with Gasteiger partial charge in [0.15, 0.2) is 5.79 Å². The molecule has 6 nitrogen and oxygen atoms in total. The number of benzene rings is 3. The van der Waals surface area contributed by atoms with Crippen molar-refractivity contribution in [2.24, 2.45) is 0 Å². The molecule has 188 valence electrons. The molecular formula is C29H31NO5S. The predicted octanol–water partition coefficient (Wildman–Crippen LogP) is 6.04. The van der Waals surface area contributed by atoms with E-state index in [1.807, 2.05) is 38.1 Å². The molecule has 0 unspecified atom stereocenters. The van der Waals surface area contributed by atoms with Gasteiger partial charge in [-0.05, 0) is 73.6 Å². The molecule has 1 fully saturated rings. The van der Waals surface area contributed by atoms with Crippen molar-refractivity contribution in [2.45, 2.75) is 60.8 Å². The van der Waals surface area contributed by atoms with Crippen LogP contribution in [-0.2, 0) is 28.9 Å². The number of fused-ring (bicyclic) bond motifs is 2. The van der Waals surface area contributed by atoms with Crippen LogP contribution in [0.5, 0.6) is 5.75 Å². The summed E-state index contributed by atoms with van der Waals surface area (Å²) in [6, 6.07) is 23.1. The van der Waals surface area contributed by atoms with Crippen molar-refractivity contribution in [1.82, 2.24) is 5.32 Å². The minimum Gasteiger partial charge on any atom is -0.489 e. The summed E-state index contributed by atoms with van der Waals surface area (Å²) < 4.78 is 17.6. The average molecular weight is 506 g/mol. The van der Waals surface area contributed by atoms with Gasteiger partial charge in [0.25, 0.3) is 0 Å². The molecule has 3 aromatic carbocycles. The third-order valence-corrected chi connectivity index (χ3v) is 7.88. The second-order valence-corrected chi connectivity index (χ2v) is 11.0. The van der Waals surface area contributed by atoms with E-state index < -0.39 is 17.4 Å². The van der Waals surface area contributed by atoms with Crippen LogP contribution in [0.3, 0.4) is 0 Å². The van der Waals surface area contributed by atoms with Crippen LogP contribution in [-0.4, -0.2) is 35.7 Å². The Balaban J connectivity index is 1.26. The maximum absolute atomic E-state index is 11.5. The summed E-state index contributed by atoms with van der Waals surface area (Å²) in [4.78, 5) is 13.9. The molecule has 0 aromatic heterocycles. The quantitative estimate of drug-likeness (QED) is 0.319. The molecule has 3 aromatic rings. The number of hydrogen-bond acceptors (Lipinski definition) is 5. The zero-order valence-electron chi connectivity index (χ0n) is 20.6.